The van der Waals surface area contributed by atoms with Gasteiger partial charge in [0.2, 0.25) is 0 Å². The summed E-state index contributed by atoms with van der Waals surface area (Å²) in [5.41, 5.74) is 2.90. The highest BCUT2D eigenvalue weighted by molar-refractivity contribution is 5.59. The lowest BCUT2D eigenvalue weighted by Crippen LogP contribution is -2.23. The summed E-state index contributed by atoms with van der Waals surface area (Å²) >= 11 is 0. The Morgan fingerprint density at radius 1 is 1.50 bits per heavy atom. The van der Waals surface area contributed by atoms with Crippen LogP contribution < -0.4 is 5.32 Å². The SMILES string of the molecule is Cc1ccc(C#N)c(NC2CCN(C)C2)c1. The number of benzene rings is 1. The second-order valence-electron chi connectivity index (χ2n) is 4.55. The normalized spacial score (nSPS) is 20.7. The van der Waals surface area contributed by atoms with Gasteiger partial charge in [0.15, 0.2) is 0 Å². The fraction of sp³-hybridized carbons (Fsp3) is 0.462. The lowest BCUT2D eigenvalue weighted by Gasteiger charge is -2.15. The monoisotopic (exact) mass is 215 g/mol. The lowest BCUT2D eigenvalue weighted by molar-refractivity contribution is 0.414. The van der Waals surface area contributed by atoms with Gasteiger partial charge in [-0.25, -0.2) is 0 Å². The number of likely N-dealkylation sites (tertiary alicyclic amines) is 1. The van der Waals surface area contributed by atoms with Crippen LogP contribution in [0.4, 0.5) is 5.69 Å². The van der Waals surface area contributed by atoms with Crippen molar-refractivity contribution in [3.63, 3.8) is 0 Å². The molecule has 0 amide bonds. The minimum absolute atomic E-state index is 0.471. The van der Waals surface area contributed by atoms with E-state index in [9.17, 15) is 0 Å². The molecule has 0 radical (unpaired) electrons. The lowest BCUT2D eigenvalue weighted by atomic mass is 10.1. The van der Waals surface area contributed by atoms with Crippen LogP contribution in [-0.2, 0) is 0 Å². The minimum atomic E-state index is 0.471. The molecule has 0 aliphatic carbocycles. The van der Waals surface area contributed by atoms with Crippen molar-refractivity contribution in [3.8, 4) is 6.07 Å². The summed E-state index contributed by atoms with van der Waals surface area (Å²) < 4.78 is 0. The summed E-state index contributed by atoms with van der Waals surface area (Å²) in [5.74, 6) is 0. The summed E-state index contributed by atoms with van der Waals surface area (Å²) in [6.07, 6.45) is 1.15. The molecule has 1 N–H and O–H groups in total. The van der Waals surface area contributed by atoms with Gasteiger partial charge in [-0.3, -0.25) is 0 Å². The van der Waals surface area contributed by atoms with Crippen molar-refractivity contribution >= 4 is 5.69 Å². The van der Waals surface area contributed by atoms with Gasteiger partial charge in [-0.15, -0.1) is 0 Å². The van der Waals surface area contributed by atoms with Gasteiger partial charge in [0, 0.05) is 12.6 Å². The molecule has 1 atom stereocenters. The summed E-state index contributed by atoms with van der Waals surface area (Å²) in [7, 11) is 2.13. The molecule has 0 spiro atoms. The molecule has 1 fully saturated rings. The maximum absolute atomic E-state index is 9.03. The van der Waals surface area contributed by atoms with E-state index in [1.54, 1.807) is 0 Å². The number of aryl methyl sites for hydroxylation is 1. The predicted octanol–water partition coefficient (Wildman–Crippen LogP) is 1.98. The van der Waals surface area contributed by atoms with Crippen molar-refractivity contribution in [2.45, 2.75) is 19.4 Å². The zero-order valence-corrected chi connectivity index (χ0v) is 9.83. The van der Waals surface area contributed by atoms with Gasteiger partial charge >= 0.3 is 0 Å². The number of nitriles is 1. The summed E-state index contributed by atoms with van der Waals surface area (Å²) in [5, 5.41) is 12.5. The molecule has 0 aromatic heterocycles. The Hall–Kier alpha value is -1.53. The topological polar surface area (TPSA) is 39.1 Å². The van der Waals surface area contributed by atoms with E-state index in [4.69, 9.17) is 5.26 Å². The molecule has 16 heavy (non-hydrogen) atoms. The Morgan fingerprint density at radius 3 is 2.94 bits per heavy atom. The molecule has 1 unspecified atom stereocenters. The fourth-order valence-electron chi connectivity index (χ4n) is 2.15. The first-order valence-corrected chi connectivity index (χ1v) is 5.65. The second-order valence-corrected chi connectivity index (χ2v) is 4.55. The number of hydrogen-bond acceptors (Lipinski definition) is 3. The first-order valence-electron chi connectivity index (χ1n) is 5.65. The molecule has 3 nitrogen and oxygen atoms in total. The Labute approximate surface area is 96.7 Å². The summed E-state index contributed by atoms with van der Waals surface area (Å²) in [4.78, 5) is 2.31. The Morgan fingerprint density at radius 2 is 2.31 bits per heavy atom. The largest absolute Gasteiger partial charge is 0.380 e. The number of anilines is 1. The van der Waals surface area contributed by atoms with Crippen LogP contribution >= 0.6 is 0 Å². The van der Waals surface area contributed by atoms with E-state index >= 15 is 0 Å². The zero-order chi connectivity index (χ0) is 11.5. The smallest absolute Gasteiger partial charge is 0.101 e. The standard InChI is InChI=1S/C13H17N3/c1-10-3-4-11(8-14)13(7-10)15-12-5-6-16(2)9-12/h3-4,7,12,15H,5-6,9H2,1-2H3. The number of nitrogens with one attached hydrogen (secondary N) is 1. The Bertz CT molecular complexity index is 420. The van der Waals surface area contributed by atoms with Crippen LogP contribution in [0.15, 0.2) is 18.2 Å². The van der Waals surface area contributed by atoms with Crippen LogP contribution in [0.2, 0.25) is 0 Å². The van der Waals surface area contributed by atoms with Crippen LogP contribution in [0.25, 0.3) is 0 Å². The van der Waals surface area contributed by atoms with E-state index in [1.807, 2.05) is 19.1 Å². The summed E-state index contributed by atoms with van der Waals surface area (Å²) in [6, 6.07) is 8.62. The molecule has 0 saturated carbocycles. The van der Waals surface area contributed by atoms with Crippen molar-refractivity contribution in [1.82, 2.24) is 4.90 Å². The number of likely N-dealkylation sites (N-methyl/N-ethyl adjacent to an activating group) is 1. The van der Waals surface area contributed by atoms with Gasteiger partial charge in [-0.1, -0.05) is 6.07 Å². The molecule has 1 aliphatic rings. The van der Waals surface area contributed by atoms with Gasteiger partial charge in [0.25, 0.3) is 0 Å². The fourth-order valence-corrected chi connectivity index (χ4v) is 2.15. The third-order valence-corrected chi connectivity index (χ3v) is 3.05. The number of nitrogens with zero attached hydrogens (tertiary/aromatic N) is 2. The van der Waals surface area contributed by atoms with E-state index in [0.29, 0.717) is 6.04 Å². The van der Waals surface area contributed by atoms with Crippen molar-refractivity contribution in [1.29, 1.82) is 5.26 Å². The second kappa shape index (κ2) is 4.54. The van der Waals surface area contributed by atoms with E-state index in [0.717, 1.165) is 30.8 Å². The van der Waals surface area contributed by atoms with Gasteiger partial charge < -0.3 is 10.2 Å². The third kappa shape index (κ3) is 2.34. The maximum Gasteiger partial charge on any atom is 0.101 e. The summed E-state index contributed by atoms with van der Waals surface area (Å²) in [6.45, 7) is 4.23. The highest BCUT2D eigenvalue weighted by Crippen LogP contribution is 2.20. The van der Waals surface area contributed by atoms with Crippen LogP contribution in [0, 0.1) is 18.3 Å². The zero-order valence-electron chi connectivity index (χ0n) is 9.83. The molecule has 2 rings (SSSR count). The van der Waals surface area contributed by atoms with Crippen molar-refractivity contribution in [2.24, 2.45) is 0 Å². The first-order chi connectivity index (χ1) is 7.69. The molecule has 1 aliphatic heterocycles. The van der Waals surface area contributed by atoms with Gasteiger partial charge in [0.05, 0.1) is 11.3 Å². The third-order valence-electron chi connectivity index (χ3n) is 3.05. The van der Waals surface area contributed by atoms with Crippen molar-refractivity contribution in [3.05, 3.63) is 29.3 Å². The average Bonchev–Trinajstić information content (AvgIpc) is 2.64. The van der Waals surface area contributed by atoms with Crippen LogP contribution in [0.5, 0.6) is 0 Å². The van der Waals surface area contributed by atoms with Gasteiger partial charge in [-0.2, -0.15) is 5.26 Å². The van der Waals surface area contributed by atoms with Gasteiger partial charge in [0.1, 0.15) is 6.07 Å². The van der Waals surface area contributed by atoms with Crippen molar-refractivity contribution in [2.75, 3.05) is 25.5 Å². The van der Waals surface area contributed by atoms with Crippen LogP contribution in [0.3, 0.4) is 0 Å². The molecule has 0 bridgehead atoms. The molecule has 1 saturated heterocycles. The molecular weight excluding hydrogens is 198 g/mol. The highest BCUT2D eigenvalue weighted by atomic mass is 15.2. The molecule has 1 aromatic carbocycles. The number of rotatable bonds is 2. The molecular formula is C13H17N3. The minimum Gasteiger partial charge on any atom is -0.380 e. The Kier molecular flexibility index (Phi) is 3.12. The van der Waals surface area contributed by atoms with E-state index < -0.39 is 0 Å². The predicted molar refractivity (Wildman–Crippen MR) is 65.4 cm³/mol. The van der Waals surface area contributed by atoms with E-state index in [1.165, 1.54) is 5.56 Å². The maximum atomic E-state index is 9.03. The quantitative estimate of drug-likeness (QED) is 0.820. The average molecular weight is 215 g/mol. The first kappa shape index (κ1) is 11.0. The van der Waals surface area contributed by atoms with Crippen LogP contribution in [0.1, 0.15) is 17.5 Å². The Balaban J connectivity index is 2.14. The number of hydrogen-bond donors (Lipinski definition) is 1. The van der Waals surface area contributed by atoms with Crippen LogP contribution in [-0.4, -0.2) is 31.1 Å². The molecule has 1 heterocycles. The van der Waals surface area contributed by atoms with Gasteiger partial charge in [-0.05, 0) is 44.6 Å². The van der Waals surface area contributed by atoms with Crippen molar-refractivity contribution < 1.29 is 0 Å². The molecule has 84 valence electrons. The van der Waals surface area contributed by atoms with E-state index in [2.05, 4.69) is 29.4 Å². The highest BCUT2D eigenvalue weighted by Gasteiger charge is 2.19. The molecule has 3 heteroatoms. The van der Waals surface area contributed by atoms with E-state index in [-0.39, 0.29) is 0 Å². The molecule has 1 aromatic rings.